The van der Waals surface area contributed by atoms with Crippen LogP contribution >= 0.6 is 22.9 Å². The molecule has 0 saturated carbocycles. The minimum absolute atomic E-state index is 0.104. The molecule has 0 bridgehead atoms. The third kappa shape index (κ3) is 3.10. The zero-order valence-corrected chi connectivity index (χ0v) is 13.1. The second-order valence-electron chi connectivity index (χ2n) is 4.87. The van der Waals surface area contributed by atoms with E-state index in [1.807, 2.05) is 30.3 Å². The Labute approximate surface area is 132 Å². The Kier molecular flexibility index (Phi) is 4.24. The molecule has 0 aliphatic heterocycles. The van der Waals surface area contributed by atoms with Crippen molar-refractivity contribution in [2.45, 2.75) is 13.0 Å². The fraction of sp³-hybridized carbons (Fsp3) is 0.176. The summed E-state index contributed by atoms with van der Waals surface area (Å²) in [5.74, 6) is -0.196. The first-order chi connectivity index (χ1) is 10.2. The molecule has 0 spiro atoms. The summed E-state index contributed by atoms with van der Waals surface area (Å²) in [5.41, 5.74) is 1.16. The molecule has 3 aromatic rings. The summed E-state index contributed by atoms with van der Waals surface area (Å²) in [6, 6.07) is 14.9. The lowest BCUT2D eigenvalue weighted by atomic mass is 10.0. The van der Waals surface area contributed by atoms with Crippen LogP contribution in [0.4, 0.5) is 4.39 Å². The van der Waals surface area contributed by atoms with Crippen LogP contribution in [0.15, 0.2) is 48.5 Å². The third-order valence-corrected chi connectivity index (χ3v) is 4.83. The molecule has 0 aliphatic rings. The predicted molar refractivity (Wildman–Crippen MR) is 88.8 cm³/mol. The lowest BCUT2D eigenvalue weighted by Gasteiger charge is -2.16. The van der Waals surface area contributed by atoms with Crippen molar-refractivity contribution in [2.24, 2.45) is 0 Å². The lowest BCUT2D eigenvalue weighted by Crippen LogP contribution is -2.20. The second kappa shape index (κ2) is 6.14. The zero-order valence-electron chi connectivity index (χ0n) is 11.6. The van der Waals surface area contributed by atoms with E-state index in [2.05, 4.69) is 18.3 Å². The average molecular weight is 320 g/mol. The van der Waals surface area contributed by atoms with Gasteiger partial charge in [-0.3, -0.25) is 0 Å². The highest BCUT2D eigenvalue weighted by Crippen LogP contribution is 2.33. The van der Waals surface area contributed by atoms with Crippen LogP contribution in [0.5, 0.6) is 0 Å². The Balaban J connectivity index is 2.04. The largest absolute Gasteiger partial charge is 0.306 e. The van der Waals surface area contributed by atoms with Gasteiger partial charge in [-0.15, -0.1) is 11.3 Å². The zero-order chi connectivity index (χ0) is 14.8. The number of hydrogen-bond donors (Lipinski definition) is 1. The molecule has 1 N–H and O–H groups in total. The quantitative estimate of drug-likeness (QED) is 0.679. The Hall–Kier alpha value is -1.42. The van der Waals surface area contributed by atoms with Crippen LogP contribution < -0.4 is 5.32 Å². The van der Waals surface area contributed by atoms with Gasteiger partial charge in [0, 0.05) is 14.6 Å². The summed E-state index contributed by atoms with van der Waals surface area (Å²) in [4.78, 5) is 1.18. The predicted octanol–water partition coefficient (Wildman–Crippen LogP) is 5.39. The molecule has 1 unspecified atom stereocenters. The number of thiophene rings is 1. The van der Waals surface area contributed by atoms with E-state index in [4.69, 9.17) is 11.6 Å². The molecule has 0 aliphatic carbocycles. The summed E-state index contributed by atoms with van der Waals surface area (Å²) in [5, 5.41) is 5.16. The van der Waals surface area contributed by atoms with Gasteiger partial charge in [-0.05, 0) is 53.9 Å². The lowest BCUT2D eigenvalue weighted by molar-refractivity contribution is 0.629. The van der Waals surface area contributed by atoms with Gasteiger partial charge in [-0.2, -0.15) is 0 Å². The number of fused-ring (bicyclic) bond motifs is 1. The van der Waals surface area contributed by atoms with E-state index < -0.39 is 0 Å². The smallest absolute Gasteiger partial charge is 0.123 e. The molecule has 2 aromatic carbocycles. The number of benzene rings is 2. The maximum absolute atomic E-state index is 13.3. The second-order valence-corrected chi connectivity index (χ2v) is 6.42. The van der Waals surface area contributed by atoms with Gasteiger partial charge >= 0.3 is 0 Å². The fourth-order valence-electron chi connectivity index (χ4n) is 2.42. The molecule has 0 saturated heterocycles. The van der Waals surface area contributed by atoms with E-state index >= 15 is 0 Å². The average Bonchev–Trinajstić information content (AvgIpc) is 2.88. The number of halogens is 2. The maximum Gasteiger partial charge on any atom is 0.123 e. The summed E-state index contributed by atoms with van der Waals surface area (Å²) in [7, 11) is 0. The summed E-state index contributed by atoms with van der Waals surface area (Å²) < 4.78 is 14.4. The summed E-state index contributed by atoms with van der Waals surface area (Å²) >= 11 is 7.65. The molecule has 1 atom stereocenters. The SMILES string of the molecule is CCNC(c1ccc(Cl)cc1)c1cc2cc(F)ccc2s1. The first-order valence-electron chi connectivity index (χ1n) is 6.85. The van der Waals surface area contributed by atoms with E-state index in [0.717, 1.165) is 27.2 Å². The molecule has 4 heteroatoms. The Morgan fingerprint density at radius 2 is 1.90 bits per heavy atom. The fourth-order valence-corrected chi connectivity index (χ4v) is 3.69. The van der Waals surface area contributed by atoms with Crippen LogP contribution in [0.1, 0.15) is 23.4 Å². The highest BCUT2D eigenvalue weighted by molar-refractivity contribution is 7.19. The van der Waals surface area contributed by atoms with Crippen LogP contribution in [-0.4, -0.2) is 6.54 Å². The van der Waals surface area contributed by atoms with Gasteiger partial charge in [0.15, 0.2) is 0 Å². The van der Waals surface area contributed by atoms with Gasteiger partial charge in [0.1, 0.15) is 5.82 Å². The first-order valence-corrected chi connectivity index (χ1v) is 8.04. The van der Waals surface area contributed by atoms with Crippen molar-refractivity contribution >= 4 is 33.0 Å². The minimum Gasteiger partial charge on any atom is -0.306 e. The maximum atomic E-state index is 13.3. The molecule has 21 heavy (non-hydrogen) atoms. The normalized spacial score (nSPS) is 12.7. The molecule has 0 amide bonds. The van der Waals surface area contributed by atoms with Gasteiger partial charge in [-0.25, -0.2) is 4.39 Å². The minimum atomic E-state index is -0.196. The molecule has 108 valence electrons. The molecular weight excluding hydrogens is 305 g/mol. The van der Waals surface area contributed by atoms with E-state index in [9.17, 15) is 4.39 Å². The number of hydrogen-bond acceptors (Lipinski definition) is 2. The molecule has 1 nitrogen and oxygen atoms in total. The van der Waals surface area contributed by atoms with E-state index in [1.54, 1.807) is 17.4 Å². The number of nitrogens with one attached hydrogen (secondary N) is 1. The molecule has 1 heterocycles. The van der Waals surface area contributed by atoms with Crippen molar-refractivity contribution < 1.29 is 4.39 Å². The van der Waals surface area contributed by atoms with Gasteiger partial charge in [-0.1, -0.05) is 30.7 Å². The van der Waals surface area contributed by atoms with Crippen LogP contribution in [0, 0.1) is 5.82 Å². The Bertz CT molecular complexity index is 751. The van der Waals surface area contributed by atoms with Crippen molar-refractivity contribution in [3.63, 3.8) is 0 Å². The number of rotatable bonds is 4. The molecule has 0 radical (unpaired) electrons. The standard InChI is InChI=1S/C17H15ClFNS/c1-2-20-17(11-3-5-13(18)6-4-11)16-10-12-9-14(19)7-8-15(12)21-16/h3-10,17,20H,2H2,1H3. The van der Waals surface area contributed by atoms with Crippen molar-refractivity contribution in [3.05, 3.63) is 69.8 Å². The topological polar surface area (TPSA) is 12.0 Å². The Morgan fingerprint density at radius 1 is 1.14 bits per heavy atom. The molecular formula is C17H15ClFNS. The molecule has 3 rings (SSSR count). The first kappa shape index (κ1) is 14.5. The Morgan fingerprint density at radius 3 is 2.62 bits per heavy atom. The molecule has 0 fully saturated rings. The third-order valence-electron chi connectivity index (χ3n) is 3.39. The summed E-state index contributed by atoms with van der Waals surface area (Å²) in [6.45, 7) is 2.94. The van der Waals surface area contributed by atoms with Crippen molar-refractivity contribution in [1.29, 1.82) is 0 Å². The van der Waals surface area contributed by atoms with E-state index in [0.29, 0.717) is 0 Å². The van der Waals surface area contributed by atoms with Crippen molar-refractivity contribution in [1.82, 2.24) is 5.32 Å². The van der Waals surface area contributed by atoms with Crippen molar-refractivity contribution in [2.75, 3.05) is 6.54 Å². The van der Waals surface area contributed by atoms with Crippen LogP contribution in [0.2, 0.25) is 5.02 Å². The van der Waals surface area contributed by atoms with Crippen LogP contribution in [-0.2, 0) is 0 Å². The van der Waals surface area contributed by atoms with Crippen molar-refractivity contribution in [3.8, 4) is 0 Å². The van der Waals surface area contributed by atoms with Gasteiger partial charge in [0.25, 0.3) is 0 Å². The van der Waals surface area contributed by atoms with Gasteiger partial charge < -0.3 is 5.32 Å². The van der Waals surface area contributed by atoms with Gasteiger partial charge in [0.2, 0.25) is 0 Å². The monoisotopic (exact) mass is 319 g/mol. The van der Waals surface area contributed by atoms with E-state index in [1.165, 1.54) is 10.9 Å². The molecule has 1 aromatic heterocycles. The van der Waals surface area contributed by atoms with Crippen LogP contribution in [0.3, 0.4) is 0 Å². The van der Waals surface area contributed by atoms with Crippen LogP contribution in [0.25, 0.3) is 10.1 Å². The van der Waals surface area contributed by atoms with E-state index in [-0.39, 0.29) is 11.9 Å². The summed E-state index contributed by atoms with van der Waals surface area (Å²) in [6.07, 6.45) is 0. The highest BCUT2D eigenvalue weighted by atomic mass is 35.5. The highest BCUT2D eigenvalue weighted by Gasteiger charge is 2.16. The van der Waals surface area contributed by atoms with Gasteiger partial charge in [0.05, 0.1) is 6.04 Å².